The van der Waals surface area contributed by atoms with Crippen molar-refractivity contribution in [3.05, 3.63) is 89.7 Å². The third kappa shape index (κ3) is 4.96. The molecular weight excluding hydrogens is 437 g/mol. The quantitative estimate of drug-likeness (QED) is 0.602. The van der Waals surface area contributed by atoms with Crippen LogP contribution in [0.25, 0.3) is 0 Å². The number of amides is 3. The van der Waals surface area contributed by atoms with Crippen molar-refractivity contribution in [2.75, 3.05) is 39.2 Å². The highest BCUT2D eigenvalue weighted by Crippen LogP contribution is 2.31. The van der Waals surface area contributed by atoms with Gasteiger partial charge in [0.2, 0.25) is 0 Å². The van der Waals surface area contributed by atoms with Gasteiger partial charge in [-0.15, -0.1) is 0 Å². The van der Waals surface area contributed by atoms with Crippen LogP contribution >= 0.6 is 0 Å². The van der Waals surface area contributed by atoms with Crippen LogP contribution in [0, 0.1) is 5.82 Å². The van der Waals surface area contributed by atoms with Crippen LogP contribution in [0.5, 0.6) is 11.5 Å². The molecule has 0 bridgehead atoms. The van der Waals surface area contributed by atoms with Gasteiger partial charge in [-0.25, -0.2) is 9.18 Å². The van der Waals surface area contributed by atoms with Crippen molar-refractivity contribution in [1.29, 1.82) is 0 Å². The molecule has 8 heteroatoms. The fraction of sp³-hybridized carbons (Fsp3) is 0.231. The Balaban J connectivity index is 1.57. The molecule has 1 unspecified atom stereocenters. The fourth-order valence-electron chi connectivity index (χ4n) is 4.04. The molecule has 3 aromatic rings. The predicted molar refractivity (Wildman–Crippen MR) is 127 cm³/mol. The third-order valence-electron chi connectivity index (χ3n) is 5.84. The molecule has 1 N–H and O–H groups in total. The first-order chi connectivity index (χ1) is 16.5. The number of carbonyl (C=O) groups is 2. The molecule has 4 rings (SSSR count). The van der Waals surface area contributed by atoms with E-state index in [0.717, 1.165) is 5.56 Å². The molecule has 0 aromatic heterocycles. The Hall–Kier alpha value is -4.07. The summed E-state index contributed by atoms with van der Waals surface area (Å²) in [7, 11) is 3.07. The molecule has 1 aliphatic rings. The van der Waals surface area contributed by atoms with E-state index in [4.69, 9.17) is 9.47 Å². The Labute approximate surface area is 197 Å². The maximum Gasteiger partial charge on any atom is 0.321 e. The molecule has 176 valence electrons. The van der Waals surface area contributed by atoms with Crippen LogP contribution < -0.4 is 14.8 Å². The first-order valence-electron chi connectivity index (χ1n) is 10.9. The second-order valence-electron chi connectivity index (χ2n) is 7.88. The van der Waals surface area contributed by atoms with E-state index in [1.54, 1.807) is 35.1 Å². The van der Waals surface area contributed by atoms with Crippen LogP contribution in [0.1, 0.15) is 22.0 Å². The van der Waals surface area contributed by atoms with E-state index in [2.05, 4.69) is 5.32 Å². The second-order valence-corrected chi connectivity index (χ2v) is 7.88. The number of nitrogens with zero attached hydrogens (tertiary/aromatic N) is 2. The summed E-state index contributed by atoms with van der Waals surface area (Å²) in [5.74, 6) is 0.487. The molecule has 7 nitrogen and oxygen atoms in total. The van der Waals surface area contributed by atoms with Crippen molar-refractivity contribution in [2.24, 2.45) is 0 Å². The minimum absolute atomic E-state index is 0.159. The number of urea groups is 1. The van der Waals surface area contributed by atoms with E-state index >= 15 is 0 Å². The minimum atomic E-state index is -0.371. The zero-order chi connectivity index (χ0) is 24.1. The maximum atomic E-state index is 13.5. The van der Waals surface area contributed by atoms with Crippen molar-refractivity contribution in [3.63, 3.8) is 0 Å². The monoisotopic (exact) mass is 463 g/mol. The van der Waals surface area contributed by atoms with Crippen molar-refractivity contribution in [3.8, 4) is 11.5 Å². The predicted octanol–water partition coefficient (Wildman–Crippen LogP) is 4.57. The Morgan fingerprint density at radius 2 is 1.62 bits per heavy atom. The minimum Gasteiger partial charge on any atom is -0.493 e. The molecule has 3 aromatic carbocycles. The number of ether oxygens (including phenoxy) is 2. The Morgan fingerprint density at radius 3 is 2.29 bits per heavy atom. The molecule has 34 heavy (non-hydrogen) atoms. The van der Waals surface area contributed by atoms with Gasteiger partial charge in [-0.1, -0.05) is 30.3 Å². The van der Waals surface area contributed by atoms with Gasteiger partial charge in [-0.05, 0) is 48.0 Å². The molecule has 1 heterocycles. The highest BCUT2D eigenvalue weighted by atomic mass is 19.1. The average Bonchev–Trinajstić information content (AvgIpc) is 2.89. The summed E-state index contributed by atoms with van der Waals surface area (Å²) >= 11 is 0. The fourth-order valence-corrected chi connectivity index (χ4v) is 4.04. The number of benzene rings is 3. The normalized spacial score (nSPS) is 15.6. The summed E-state index contributed by atoms with van der Waals surface area (Å²) in [5, 5.41) is 2.80. The van der Waals surface area contributed by atoms with Gasteiger partial charge in [0.25, 0.3) is 5.91 Å². The first-order valence-corrected chi connectivity index (χ1v) is 10.9. The Kier molecular flexibility index (Phi) is 6.96. The molecular formula is C26H26FN3O4. The van der Waals surface area contributed by atoms with E-state index in [1.165, 1.54) is 31.4 Å². The molecule has 0 saturated carbocycles. The number of anilines is 1. The second kappa shape index (κ2) is 10.2. The highest BCUT2D eigenvalue weighted by molar-refractivity contribution is 5.96. The van der Waals surface area contributed by atoms with E-state index in [0.29, 0.717) is 42.4 Å². The van der Waals surface area contributed by atoms with Crippen molar-refractivity contribution in [1.82, 2.24) is 9.80 Å². The number of methoxy groups -OCH3 is 2. The summed E-state index contributed by atoms with van der Waals surface area (Å²) in [6.07, 6.45) is 0. The van der Waals surface area contributed by atoms with Crippen LogP contribution in [0.3, 0.4) is 0 Å². The van der Waals surface area contributed by atoms with Crippen LogP contribution in [-0.2, 0) is 0 Å². The van der Waals surface area contributed by atoms with E-state index in [1.807, 2.05) is 30.3 Å². The van der Waals surface area contributed by atoms with Crippen molar-refractivity contribution in [2.45, 2.75) is 6.04 Å². The lowest BCUT2D eigenvalue weighted by Gasteiger charge is -2.41. The van der Waals surface area contributed by atoms with Crippen molar-refractivity contribution < 1.29 is 23.5 Å². The van der Waals surface area contributed by atoms with Gasteiger partial charge < -0.3 is 24.6 Å². The number of rotatable bonds is 5. The number of hydrogen-bond donors (Lipinski definition) is 1. The molecule has 1 aliphatic heterocycles. The number of nitrogens with one attached hydrogen (secondary N) is 1. The van der Waals surface area contributed by atoms with Gasteiger partial charge >= 0.3 is 6.03 Å². The van der Waals surface area contributed by atoms with E-state index in [-0.39, 0.29) is 23.8 Å². The first kappa shape index (κ1) is 23.1. The van der Waals surface area contributed by atoms with Crippen molar-refractivity contribution >= 4 is 17.6 Å². The van der Waals surface area contributed by atoms with E-state index in [9.17, 15) is 14.0 Å². The van der Waals surface area contributed by atoms with Gasteiger partial charge in [-0.2, -0.15) is 0 Å². The Morgan fingerprint density at radius 1 is 0.912 bits per heavy atom. The number of halogens is 1. The number of carbonyl (C=O) groups excluding carboxylic acids is 2. The third-order valence-corrected chi connectivity index (χ3v) is 5.84. The lowest BCUT2D eigenvalue weighted by atomic mass is 10.0. The van der Waals surface area contributed by atoms with Gasteiger partial charge in [0, 0.05) is 30.9 Å². The molecule has 1 atom stereocenters. The highest BCUT2D eigenvalue weighted by Gasteiger charge is 2.34. The SMILES string of the molecule is COc1ccc(C(=O)N2CCN(C(=O)Nc3ccc(F)cc3)CC2c2ccccc2)cc1OC. The summed E-state index contributed by atoms with van der Waals surface area (Å²) in [4.78, 5) is 29.9. The zero-order valence-corrected chi connectivity index (χ0v) is 19.0. The summed E-state index contributed by atoms with van der Waals surface area (Å²) in [6.45, 7) is 1.02. The molecule has 0 aliphatic carbocycles. The molecule has 0 spiro atoms. The lowest BCUT2D eigenvalue weighted by Crippen LogP contribution is -2.53. The van der Waals surface area contributed by atoms with Gasteiger partial charge in [-0.3, -0.25) is 4.79 Å². The largest absolute Gasteiger partial charge is 0.493 e. The average molecular weight is 464 g/mol. The topological polar surface area (TPSA) is 71.1 Å². The molecule has 1 fully saturated rings. The van der Waals surface area contributed by atoms with Gasteiger partial charge in [0.1, 0.15) is 5.82 Å². The molecule has 1 saturated heterocycles. The number of piperazine rings is 1. The van der Waals surface area contributed by atoms with Crippen LogP contribution in [-0.4, -0.2) is 55.6 Å². The van der Waals surface area contributed by atoms with Gasteiger partial charge in [0.05, 0.1) is 20.3 Å². The smallest absolute Gasteiger partial charge is 0.321 e. The summed E-state index contributed by atoms with van der Waals surface area (Å²) in [6, 6.07) is 19.7. The summed E-state index contributed by atoms with van der Waals surface area (Å²) in [5.41, 5.74) is 1.91. The summed E-state index contributed by atoms with van der Waals surface area (Å²) < 4.78 is 23.8. The molecule has 3 amide bonds. The lowest BCUT2D eigenvalue weighted by molar-refractivity contribution is 0.0516. The Bertz CT molecular complexity index is 1150. The van der Waals surface area contributed by atoms with Crippen LogP contribution in [0.4, 0.5) is 14.9 Å². The zero-order valence-electron chi connectivity index (χ0n) is 19.0. The standard InChI is InChI=1S/C26H26FN3O4/c1-33-23-13-8-19(16-24(23)34-2)25(31)30-15-14-29(17-22(30)18-6-4-3-5-7-18)26(32)28-21-11-9-20(27)10-12-21/h3-13,16,22H,14-15,17H2,1-2H3,(H,28,32). The van der Waals surface area contributed by atoms with Gasteiger partial charge in [0.15, 0.2) is 11.5 Å². The molecule has 0 radical (unpaired) electrons. The van der Waals surface area contributed by atoms with E-state index < -0.39 is 0 Å². The number of hydrogen-bond acceptors (Lipinski definition) is 4. The van der Waals surface area contributed by atoms with Crippen LogP contribution in [0.15, 0.2) is 72.8 Å². The van der Waals surface area contributed by atoms with Crippen LogP contribution in [0.2, 0.25) is 0 Å². The maximum absolute atomic E-state index is 13.5.